The van der Waals surface area contributed by atoms with Gasteiger partial charge in [0, 0.05) is 30.8 Å². The van der Waals surface area contributed by atoms with Crippen LogP contribution in [0.3, 0.4) is 0 Å². The van der Waals surface area contributed by atoms with E-state index in [2.05, 4.69) is 4.98 Å². The Bertz CT molecular complexity index is 630. The van der Waals surface area contributed by atoms with Crippen LogP contribution in [0.5, 0.6) is 0 Å². The Kier molecular flexibility index (Phi) is 3.95. The van der Waals surface area contributed by atoms with Gasteiger partial charge in [0.05, 0.1) is 11.9 Å². The third-order valence-electron chi connectivity index (χ3n) is 3.94. The van der Waals surface area contributed by atoms with E-state index in [0.29, 0.717) is 12.2 Å². The van der Waals surface area contributed by atoms with E-state index in [0.717, 1.165) is 24.9 Å². The van der Waals surface area contributed by atoms with Crippen LogP contribution in [0.2, 0.25) is 0 Å². The molecule has 108 valence electrons. The third kappa shape index (κ3) is 2.94. The molecule has 0 unspecified atom stereocenters. The molecule has 0 aliphatic carbocycles. The van der Waals surface area contributed by atoms with Gasteiger partial charge in [-0.15, -0.1) is 0 Å². The molecule has 1 aliphatic heterocycles. The van der Waals surface area contributed by atoms with E-state index < -0.39 is 0 Å². The minimum Gasteiger partial charge on any atom is -0.368 e. The number of carbonyl (C=O) groups excluding carboxylic acids is 1. The number of anilines is 1. The number of hydrogen-bond donors (Lipinski definition) is 0. The van der Waals surface area contributed by atoms with Crippen LogP contribution in [0.15, 0.2) is 48.8 Å². The summed E-state index contributed by atoms with van der Waals surface area (Å²) < 4.78 is 13.8. The minimum atomic E-state index is -0.328. The van der Waals surface area contributed by atoms with Gasteiger partial charge >= 0.3 is 0 Å². The zero-order chi connectivity index (χ0) is 14.7. The lowest BCUT2D eigenvalue weighted by atomic mass is 9.90. The predicted molar refractivity (Wildman–Crippen MR) is 79.9 cm³/mol. The van der Waals surface area contributed by atoms with Crippen molar-refractivity contribution >= 4 is 11.5 Å². The molecule has 1 aromatic heterocycles. The summed E-state index contributed by atoms with van der Waals surface area (Å²) >= 11 is 0. The SMILES string of the molecule is O=C(c1ccccc1)[C@H]1CCCN(c2ccncc2F)C1. The second-order valence-corrected chi connectivity index (χ2v) is 5.34. The van der Waals surface area contributed by atoms with E-state index in [9.17, 15) is 9.18 Å². The first-order valence-electron chi connectivity index (χ1n) is 7.19. The summed E-state index contributed by atoms with van der Waals surface area (Å²) in [4.78, 5) is 18.3. The quantitative estimate of drug-likeness (QED) is 0.811. The fraction of sp³-hybridized carbons (Fsp3) is 0.294. The Hall–Kier alpha value is -2.23. The molecule has 1 atom stereocenters. The number of benzene rings is 1. The molecule has 2 aromatic rings. The Morgan fingerprint density at radius 1 is 1.24 bits per heavy atom. The number of hydrogen-bond acceptors (Lipinski definition) is 3. The molecule has 1 aliphatic rings. The number of nitrogens with zero attached hydrogens (tertiary/aromatic N) is 2. The number of halogens is 1. The van der Waals surface area contributed by atoms with Crippen molar-refractivity contribution in [2.45, 2.75) is 12.8 Å². The maximum atomic E-state index is 13.8. The van der Waals surface area contributed by atoms with Gasteiger partial charge in [-0.3, -0.25) is 9.78 Å². The number of Topliss-reactive ketones (excluding diaryl/α,β-unsaturated/α-hetero) is 1. The van der Waals surface area contributed by atoms with Gasteiger partial charge in [-0.1, -0.05) is 30.3 Å². The highest BCUT2D eigenvalue weighted by Gasteiger charge is 2.27. The maximum Gasteiger partial charge on any atom is 0.167 e. The smallest absolute Gasteiger partial charge is 0.167 e. The van der Waals surface area contributed by atoms with Crippen LogP contribution in [0, 0.1) is 11.7 Å². The normalized spacial score (nSPS) is 18.5. The Labute approximate surface area is 123 Å². The topological polar surface area (TPSA) is 33.2 Å². The van der Waals surface area contributed by atoms with Crippen LogP contribution < -0.4 is 4.90 Å². The highest BCUT2D eigenvalue weighted by Crippen LogP contribution is 2.26. The zero-order valence-corrected chi connectivity index (χ0v) is 11.7. The number of rotatable bonds is 3. The summed E-state index contributed by atoms with van der Waals surface area (Å²) in [5, 5.41) is 0. The summed E-state index contributed by atoms with van der Waals surface area (Å²) in [7, 11) is 0. The molecule has 0 amide bonds. The molecule has 0 spiro atoms. The molecule has 3 rings (SSSR count). The highest BCUT2D eigenvalue weighted by atomic mass is 19.1. The van der Waals surface area contributed by atoms with E-state index in [1.54, 1.807) is 12.3 Å². The zero-order valence-electron chi connectivity index (χ0n) is 11.7. The van der Waals surface area contributed by atoms with Gasteiger partial charge in [-0.25, -0.2) is 4.39 Å². The first kappa shape index (κ1) is 13.7. The van der Waals surface area contributed by atoms with E-state index in [4.69, 9.17) is 0 Å². The third-order valence-corrected chi connectivity index (χ3v) is 3.94. The largest absolute Gasteiger partial charge is 0.368 e. The molecule has 1 aromatic carbocycles. The number of piperidine rings is 1. The molecule has 2 heterocycles. The van der Waals surface area contributed by atoms with Gasteiger partial charge in [0.2, 0.25) is 0 Å². The first-order chi connectivity index (χ1) is 10.3. The Morgan fingerprint density at radius 3 is 2.81 bits per heavy atom. The van der Waals surface area contributed by atoms with Crippen LogP contribution in [0.4, 0.5) is 10.1 Å². The summed E-state index contributed by atoms with van der Waals surface area (Å²) in [5.74, 6) is -0.256. The van der Waals surface area contributed by atoms with Crippen LogP contribution in [-0.2, 0) is 0 Å². The van der Waals surface area contributed by atoms with Crippen LogP contribution in [0.25, 0.3) is 0 Å². The molecule has 21 heavy (non-hydrogen) atoms. The van der Waals surface area contributed by atoms with Gasteiger partial charge in [0.25, 0.3) is 0 Å². The number of pyridine rings is 1. The van der Waals surface area contributed by atoms with E-state index in [-0.39, 0.29) is 17.5 Å². The Balaban J connectivity index is 1.77. The number of aromatic nitrogens is 1. The summed E-state index contributed by atoms with van der Waals surface area (Å²) in [5.41, 5.74) is 1.27. The molecule has 0 radical (unpaired) electrons. The van der Waals surface area contributed by atoms with Crippen LogP contribution in [-0.4, -0.2) is 23.9 Å². The Morgan fingerprint density at radius 2 is 2.05 bits per heavy atom. The number of carbonyl (C=O) groups is 1. The van der Waals surface area contributed by atoms with Crippen molar-refractivity contribution in [1.29, 1.82) is 0 Å². The van der Waals surface area contributed by atoms with Crippen molar-refractivity contribution in [2.75, 3.05) is 18.0 Å². The van der Waals surface area contributed by atoms with E-state index in [1.807, 2.05) is 35.2 Å². The van der Waals surface area contributed by atoms with E-state index >= 15 is 0 Å². The van der Waals surface area contributed by atoms with Crippen LogP contribution in [0.1, 0.15) is 23.2 Å². The maximum absolute atomic E-state index is 13.8. The molecule has 0 bridgehead atoms. The van der Waals surface area contributed by atoms with Crippen molar-refractivity contribution < 1.29 is 9.18 Å². The van der Waals surface area contributed by atoms with Gasteiger partial charge in [-0.05, 0) is 18.9 Å². The first-order valence-corrected chi connectivity index (χ1v) is 7.19. The molecular formula is C17H17FN2O. The highest BCUT2D eigenvalue weighted by molar-refractivity contribution is 5.98. The predicted octanol–water partition coefficient (Wildman–Crippen LogP) is 3.32. The average Bonchev–Trinajstić information content (AvgIpc) is 2.55. The lowest BCUT2D eigenvalue weighted by molar-refractivity contribution is 0.0907. The lowest BCUT2D eigenvalue weighted by Gasteiger charge is -2.33. The monoisotopic (exact) mass is 284 g/mol. The van der Waals surface area contributed by atoms with Gasteiger partial charge < -0.3 is 4.90 Å². The van der Waals surface area contributed by atoms with Crippen molar-refractivity contribution in [3.05, 3.63) is 60.2 Å². The molecule has 0 saturated carbocycles. The molecule has 3 nitrogen and oxygen atoms in total. The summed E-state index contributed by atoms with van der Waals surface area (Å²) in [6.07, 6.45) is 4.56. The average molecular weight is 284 g/mol. The molecule has 4 heteroatoms. The van der Waals surface area contributed by atoms with Gasteiger partial charge in [0.1, 0.15) is 0 Å². The summed E-state index contributed by atoms with van der Waals surface area (Å²) in [6.45, 7) is 1.34. The second kappa shape index (κ2) is 6.04. The molecule has 1 saturated heterocycles. The molecular weight excluding hydrogens is 267 g/mol. The molecule has 1 fully saturated rings. The van der Waals surface area contributed by atoms with Gasteiger partial charge in [0.15, 0.2) is 11.6 Å². The van der Waals surface area contributed by atoms with Gasteiger partial charge in [-0.2, -0.15) is 0 Å². The molecule has 0 N–H and O–H groups in total. The second-order valence-electron chi connectivity index (χ2n) is 5.34. The van der Waals surface area contributed by atoms with Crippen molar-refractivity contribution in [3.63, 3.8) is 0 Å². The lowest BCUT2D eigenvalue weighted by Crippen LogP contribution is -2.39. The van der Waals surface area contributed by atoms with Crippen molar-refractivity contribution in [3.8, 4) is 0 Å². The standard InChI is InChI=1S/C17H17FN2O/c18-15-11-19-9-8-16(15)20-10-4-7-14(12-20)17(21)13-5-2-1-3-6-13/h1-3,5-6,8-9,11,14H,4,7,10,12H2/t14-/m0/s1. The fourth-order valence-corrected chi connectivity index (χ4v) is 2.87. The van der Waals surface area contributed by atoms with Crippen molar-refractivity contribution in [2.24, 2.45) is 5.92 Å². The number of ketones is 1. The fourth-order valence-electron chi connectivity index (χ4n) is 2.87. The minimum absolute atomic E-state index is 0.0753. The summed E-state index contributed by atoms with van der Waals surface area (Å²) in [6, 6.07) is 11.0. The van der Waals surface area contributed by atoms with Crippen molar-refractivity contribution in [1.82, 2.24) is 4.98 Å². The van der Waals surface area contributed by atoms with Crippen LogP contribution >= 0.6 is 0 Å². The van der Waals surface area contributed by atoms with E-state index in [1.165, 1.54) is 6.20 Å².